The summed E-state index contributed by atoms with van der Waals surface area (Å²) in [5, 5.41) is 0.707. The number of nitrogen functional groups attached to an aromatic ring is 1. The van der Waals surface area contributed by atoms with Crippen molar-refractivity contribution in [1.82, 2.24) is 9.29 Å². The fourth-order valence-electron chi connectivity index (χ4n) is 3.31. The van der Waals surface area contributed by atoms with Crippen LogP contribution in [-0.2, 0) is 10.0 Å². The molecule has 2 unspecified atom stereocenters. The fourth-order valence-corrected chi connectivity index (χ4v) is 5.43. The van der Waals surface area contributed by atoms with Crippen molar-refractivity contribution >= 4 is 26.6 Å². The second-order valence-corrected chi connectivity index (χ2v) is 7.59. The Balaban J connectivity index is 2.12. The van der Waals surface area contributed by atoms with Gasteiger partial charge in [-0.1, -0.05) is 6.92 Å². The largest absolute Gasteiger partial charge is 0.399 e. The molecule has 2 atom stereocenters. The lowest BCUT2D eigenvalue weighted by atomic mass is 10.2. The molecule has 1 aliphatic rings. The van der Waals surface area contributed by atoms with E-state index in [2.05, 4.69) is 4.98 Å². The predicted molar refractivity (Wildman–Crippen MR) is 84.5 cm³/mol. The molecule has 0 amide bonds. The predicted octanol–water partition coefficient (Wildman–Crippen LogP) is 2.70. The number of nitrogens with zero attached hydrogens (tertiary/aromatic N) is 1. The number of anilines is 1. The van der Waals surface area contributed by atoms with E-state index < -0.39 is 10.0 Å². The van der Waals surface area contributed by atoms with Crippen LogP contribution in [0.25, 0.3) is 10.9 Å². The Hall–Kier alpha value is -1.53. The van der Waals surface area contributed by atoms with Gasteiger partial charge in [-0.15, -0.1) is 0 Å². The Kier molecular flexibility index (Phi) is 3.45. The Labute approximate surface area is 125 Å². The first-order valence-corrected chi connectivity index (χ1v) is 8.79. The van der Waals surface area contributed by atoms with Gasteiger partial charge in [-0.25, -0.2) is 8.42 Å². The van der Waals surface area contributed by atoms with Crippen LogP contribution in [0.4, 0.5) is 5.69 Å². The van der Waals surface area contributed by atoms with E-state index in [1.165, 1.54) is 0 Å². The van der Waals surface area contributed by atoms with Crippen molar-refractivity contribution in [2.24, 2.45) is 0 Å². The van der Waals surface area contributed by atoms with Crippen molar-refractivity contribution in [1.29, 1.82) is 0 Å². The van der Waals surface area contributed by atoms with Gasteiger partial charge in [0.15, 0.2) is 0 Å². The number of aromatic nitrogens is 1. The molecule has 0 radical (unpaired) electrons. The molecular weight excluding hydrogens is 286 g/mol. The molecule has 0 aliphatic carbocycles. The first-order valence-electron chi connectivity index (χ1n) is 7.35. The summed E-state index contributed by atoms with van der Waals surface area (Å²) in [5.41, 5.74) is 7.13. The number of sulfonamides is 1. The molecule has 21 heavy (non-hydrogen) atoms. The molecule has 1 aromatic heterocycles. The van der Waals surface area contributed by atoms with Gasteiger partial charge in [0.25, 0.3) is 0 Å². The van der Waals surface area contributed by atoms with Crippen molar-refractivity contribution in [2.45, 2.75) is 50.1 Å². The lowest BCUT2D eigenvalue weighted by molar-refractivity contribution is 0.329. The van der Waals surface area contributed by atoms with E-state index in [-0.39, 0.29) is 12.1 Å². The highest BCUT2D eigenvalue weighted by Gasteiger charge is 2.40. The van der Waals surface area contributed by atoms with Gasteiger partial charge < -0.3 is 10.7 Å². The number of hydrogen-bond acceptors (Lipinski definition) is 3. The van der Waals surface area contributed by atoms with Crippen LogP contribution < -0.4 is 5.73 Å². The number of fused-ring (bicyclic) bond motifs is 1. The lowest BCUT2D eigenvalue weighted by Gasteiger charge is -2.26. The van der Waals surface area contributed by atoms with E-state index in [9.17, 15) is 8.42 Å². The van der Waals surface area contributed by atoms with Crippen LogP contribution in [0.2, 0.25) is 0 Å². The van der Waals surface area contributed by atoms with Crippen molar-refractivity contribution in [3.63, 3.8) is 0 Å². The van der Waals surface area contributed by atoms with E-state index >= 15 is 0 Å². The summed E-state index contributed by atoms with van der Waals surface area (Å²) in [6.07, 6.45) is 4.29. The molecule has 1 aliphatic heterocycles. The molecule has 3 N–H and O–H groups in total. The molecule has 3 rings (SSSR count). The van der Waals surface area contributed by atoms with E-state index in [0.717, 1.165) is 24.8 Å². The van der Waals surface area contributed by atoms with Crippen molar-refractivity contribution in [3.8, 4) is 0 Å². The molecule has 114 valence electrons. The van der Waals surface area contributed by atoms with Crippen LogP contribution in [0.3, 0.4) is 0 Å². The monoisotopic (exact) mass is 307 g/mol. The number of nitrogens with one attached hydrogen (secondary N) is 1. The van der Waals surface area contributed by atoms with Crippen molar-refractivity contribution < 1.29 is 8.42 Å². The maximum atomic E-state index is 13.0. The summed E-state index contributed by atoms with van der Waals surface area (Å²) in [5.74, 6) is 0. The minimum absolute atomic E-state index is 0.0543. The van der Waals surface area contributed by atoms with Gasteiger partial charge in [0, 0.05) is 34.9 Å². The third-order valence-corrected chi connectivity index (χ3v) is 6.51. The normalized spacial score (nSPS) is 23.9. The van der Waals surface area contributed by atoms with Crippen LogP contribution in [0, 0.1) is 0 Å². The Morgan fingerprint density at radius 1 is 1.38 bits per heavy atom. The zero-order valence-corrected chi connectivity index (χ0v) is 13.2. The molecular formula is C15H21N3O2S. The highest BCUT2D eigenvalue weighted by molar-refractivity contribution is 7.89. The minimum Gasteiger partial charge on any atom is -0.399 e. The molecule has 0 spiro atoms. The van der Waals surface area contributed by atoms with E-state index in [0.29, 0.717) is 16.0 Å². The summed E-state index contributed by atoms with van der Waals surface area (Å²) < 4.78 is 27.8. The molecule has 6 heteroatoms. The SMILES string of the molecule is CCC1CCC(C)N1S(=O)(=O)c1c[nH]c2cc(N)ccc12. The third-order valence-electron chi connectivity index (χ3n) is 4.41. The van der Waals surface area contributed by atoms with Crippen LogP contribution in [0.5, 0.6) is 0 Å². The molecule has 0 saturated carbocycles. The van der Waals surface area contributed by atoms with Gasteiger partial charge in [0.2, 0.25) is 10.0 Å². The number of aromatic amines is 1. The number of benzene rings is 1. The van der Waals surface area contributed by atoms with E-state index in [1.54, 1.807) is 28.7 Å². The van der Waals surface area contributed by atoms with Crippen LogP contribution >= 0.6 is 0 Å². The average Bonchev–Trinajstić information content (AvgIpc) is 3.01. The first kappa shape index (κ1) is 14.4. The van der Waals surface area contributed by atoms with E-state index in [1.807, 2.05) is 13.8 Å². The lowest BCUT2D eigenvalue weighted by Crippen LogP contribution is -2.39. The molecule has 0 bridgehead atoms. The first-order chi connectivity index (χ1) is 9.95. The number of nitrogens with two attached hydrogens (primary N) is 1. The second kappa shape index (κ2) is 5.03. The van der Waals surface area contributed by atoms with Gasteiger partial charge in [0.1, 0.15) is 4.90 Å². The van der Waals surface area contributed by atoms with Crippen LogP contribution in [0.1, 0.15) is 33.1 Å². The fraction of sp³-hybridized carbons (Fsp3) is 0.467. The maximum Gasteiger partial charge on any atom is 0.245 e. The summed E-state index contributed by atoms with van der Waals surface area (Å²) in [6, 6.07) is 5.43. The Morgan fingerprint density at radius 3 is 2.86 bits per heavy atom. The summed E-state index contributed by atoms with van der Waals surface area (Å²) in [6.45, 7) is 4.03. The third kappa shape index (κ3) is 2.22. The highest BCUT2D eigenvalue weighted by Crippen LogP contribution is 2.35. The Bertz CT molecular complexity index is 766. The topological polar surface area (TPSA) is 79.2 Å². The summed E-state index contributed by atoms with van der Waals surface area (Å²) in [4.78, 5) is 3.37. The minimum atomic E-state index is -3.48. The Morgan fingerprint density at radius 2 is 2.14 bits per heavy atom. The summed E-state index contributed by atoms with van der Waals surface area (Å²) in [7, 11) is -3.48. The summed E-state index contributed by atoms with van der Waals surface area (Å²) >= 11 is 0. The molecule has 5 nitrogen and oxygen atoms in total. The zero-order chi connectivity index (χ0) is 15.2. The van der Waals surface area contributed by atoms with Gasteiger partial charge in [0.05, 0.1) is 0 Å². The average molecular weight is 307 g/mol. The molecule has 2 heterocycles. The van der Waals surface area contributed by atoms with Crippen LogP contribution in [-0.4, -0.2) is 29.8 Å². The standard InChI is InChI=1S/C15H21N3O2S/c1-3-12-6-4-10(2)18(12)21(19,20)15-9-17-14-8-11(16)5-7-13(14)15/h5,7-10,12,17H,3-4,6,16H2,1-2H3. The van der Waals surface area contributed by atoms with E-state index in [4.69, 9.17) is 5.73 Å². The second-order valence-electron chi connectivity index (χ2n) is 5.78. The van der Waals surface area contributed by atoms with Crippen molar-refractivity contribution in [3.05, 3.63) is 24.4 Å². The van der Waals surface area contributed by atoms with Crippen LogP contribution in [0.15, 0.2) is 29.3 Å². The highest BCUT2D eigenvalue weighted by atomic mass is 32.2. The molecule has 1 fully saturated rings. The number of hydrogen-bond donors (Lipinski definition) is 2. The smallest absolute Gasteiger partial charge is 0.245 e. The molecule has 1 saturated heterocycles. The van der Waals surface area contributed by atoms with Gasteiger partial charge in [-0.3, -0.25) is 0 Å². The number of H-pyrrole nitrogens is 1. The molecule has 2 aromatic rings. The molecule has 1 aromatic carbocycles. The quantitative estimate of drug-likeness (QED) is 0.856. The van der Waals surface area contributed by atoms with Gasteiger partial charge in [-0.2, -0.15) is 4.31 Å². The maximum absolute atomic E-state index is 13.0. The van der Waals surface area contributed by atoms with Gasteiger partial charge in [-0.05, 0) is 44.4 Å². The van der Waals surface area contributed by atoms with Gasteiger partial charge >= 0.3 is 0 Å². The number of rotatable bonds is 3. The van der Waals surface area contributed by atoms with Crippen molar-refractivity contribution in [2.75, 3.05) is 5.73 Å². The zero-order valence-electron chi connectivity index (χ0n) is 12.3.